The Bertz CT molecular complexity index is 770. The summed E-state index contributed by atoms with van der Waals surface area (Å²) >= 11 is 0. The summed E-state index contributed by atoms with van der Waals surface area (Å²) < 4.78 is 15.9. The van der Waals surface area contributed by atoms with Crippen LogP contribution in [0, 0.1) is 0 Å². The van der Waals surface area contributed by atoms with Crippen LogP contribution in [0.15, 0.2) is 0 Å². The van der Waals surface area contributed by atoms with Crippen molar-refractivity contribution in [1.29, 1.82) is 0 Å². The molecule has 202 valence electrons. The summed E-state index contributed by atoms with van der Waals surface area (Å²) in [6.45, 7) is 0.409. The third-order valence-corrected chi connectivity index (χ3v) is 5.76. The number of carboxylic acid groups (broad SMARTS) is 1. The second-order valence-electron chi connectivity index (χ2n) is 8.46. The Balaban J connectivity index is 2.25. The first-order valence-electron chi connectivity index (χ1n) is 10.7. The van der Waals surface area contributed by atoms with Crippen LogP contribution >= 0.6 is 0 Å². The molecule has 4 unspecified atom stereocenters. The fourth-order valence-electron chi connectivity index (χ4n) is 3.97. The van der Waals surface area contributed by atoms with E-state index in [-0.39, 0.29) is 0 Å². The summed E-state index contributed by atoms with van der Waals surface area (Å²) in [4.78, 5) is 34.9. The van der Waals surface area contributed by atoms with Crippen LogP contribution in [0.1, 0.15) is 20.3 Å². The summed E-state index contributed by atoms with van der Waals surface area (Å²) in [5.74, 6) is -5.80. The van der Waals surface area contributed by atoms with E-state index in [0.29, 0.717) is 0 Å². The van der Waals surface area contributed by atoms with Crippen LogP contribution in [-0.4, -0.2) is 139 Å². The summed E-state index contributed by atoms with van der Waals surface area (Å²) in [6.07, 6.45) is -14.9. The fourth-order valence-corrected chi connectivity index (χ4v) is 3.97. The normalized spacial score (nSPS) is 39.3. The highest BCUT2D eigenvalue weighted by Gasteiger charge is 2.56. The van der Waals surface area contributed by atoms with E-state index in [4.69, 9.17) is 19.3 Å². The summed E-state index contributed by atoms with van der Waals surface area (Å²) in [6, 6.07) is -2.80. The lowest BCUT2D eigenvalue weighted by Crippen LogP contribution is -2.68. The van der Waals surface area contributed by atoms with Crippen LogP contribution in [0.3, 0.4) is 0 Å². The predicted octanol–water partition coefficient (Wildman–Crippen LogP) is -5.90. The maximum absolute atomic E-state index is 12.1. The average Bonchev–Trinajstić information content (AvgIpc) is 2.78. The molecule has 35 heavy (non-hydrogen) atoms. The molecular weight excluding hydrogens is 480 g/mol. The number of nitrogens with one attached hydrogen (secondary N) is 2. The van der Waals surface area contributed by atoms with Gasteiger partial charge in [-0.3, -0.25) is 9.59 Å². The molecule has 2 rings (SSSR count). The molecule has 0 saturated carbocycles. The lowest BCUT2D eigenvalue weighted by atomic mass is 9.88. The van der Waals surface area contributed by atoms with Crippen molar-refractivity contribution >= 4 is 17.8 Å². The second-order valence-corrected chi connectivity index (χ2v) is 8.46. The Morgan fingerprint density at radius 3 is 2.11 bits per heavy atom. The first kappa shape index (κ1) is 29.2. The maximum Gasteiger partial charge on any atom is 0.364 e. The molecule has 0 radical (unpaired) electrons. The topological polar surface area (TPSA) is 265 Å². The lowest BCUT2D eigenvalue weighted by molar-refractivity contribution is -0.328. The van der Waals surface area contributed by atoms with Crippen LogP contribution in [0.5, 0.6) is 0 Å². The fraction of sp³-hybridized carbons (Fsp3) is 0.842. The zero-order chi connectivity index (χ0) is 26.7. The van der Waals surface area contributed by atoms with Gasteiger partial charge in [-0.15, -0.1) is 0 Å². The number of rotatable bonds is 9. The standard InChI is InChI=1S/C19H32N2O14/c1-6(23)20-11-8(25)3-19(18(31)32,35-16(11)13(27)9(26)4-22)33-5-10-14(28)15(29)12(17(30)34-10)21-7(2)24/h8-17,22,25-30H,3-5H2,1-2H3,(H,20,23)(H,21,24)(H,31,32)/t8-,9-,10?,11-,12?,13-,14+,15?,16?,17-,19-/m1/s1. The van der Waals surface area contributed by atoms with E-state index in [1.54, 1.807) is 0 Å². The Kier molecular flexibility index (Phi) is 9.88. The van der Waals surface area contributed by atoms with Crippen molar-refractivity contribution in [3.63, 3.8) is 0 Å². The number of hydrogen-bond donors (Lipinski definition) is 10. The molecule has 0 bridgehead atoms. The first-order chi connectivity index (χ1) is 16.2. The molecule has 0 spiro atoms. The highest BCUT2D eigenvalue weighted by Crippen LogP contribution is 2.34. The molecule has 11 atom stereocenters. The van der Waals surface area contributed by atoms with Crippen molar-refractivity contribution in [3.05, 3.63) is 0 Å². The van der Waals surface area contributed by atoms with Crippen LogP contribution in [0.25, 0.3) is 0 Å². The number of hydrogen-bond acceptors (Lipinski definition) is 13. The monoisotopic (exact) mass is 512 g/mol. The number of aliphatic hydroxyl groups excluding tert-OH is 7. The smallest absolute Gasteiger partial charge is 0.364 e. The van der Waals surface area contributed by atoms with Gasteiger partial charge in [0.1, 0.15) is 42.7 Å². The Labute approximate surface area is 199 Å². The van der Waals surface area contributed by atoms with Gasteiger partial charge in [0.2, 0.25) is 11.8 Å². The molecule has 16 nitrogen and oxygen atoms in total. The van der Waals surface area contributed by atoms with Crippen molar-refractivity contribution < 1.29 is 69.4 Å². The minimum atomic E-state index is -2.71. The van der Waals surface area contributed by atoms with Gasteiger partial charge in [0.05, 0.1) is 25.4 Å². The molecule has 2 amide bonds. The van der Waals surface area contributed by atoms with Crippen molar-refractivity contribution in [3.8, 4) is 0 Å². The van der Waals surface area contributed by atoms with E-state index in [1.807, 2.05) is 0 Å². The summed E-state index contributed by atoms with van der Waals surface area (Å²) in [5.41, 5.74) is 0. The van der Waals surface area contributed by atoms with Gasteiger partial charge in [-0.2, -0.15) is 0 Å². The molecule has 10 N–H and O–H groups in total. The molecule has 2 aliphatic rings. The van der Waals surface area contributed by atoms with Gasteiger partial charge in [0.25, 0.3) is 5.79 Å². The van der Waals surface area contributed by atoms with E-state index < -0.39 is 104 Å². The van der Waals surface area contributed by atoms with Gasteiger partial charge in [-0.25, -0.2) is 4.79 Å². The minimum absolute atomic E-state index is 0.628. The quantitative estimate of drug-likeness (QED) is 0.138. The number of carbonyl (C=O) groups is 3. The van der Waals surface area contributed by atoms with Crippen LogP contribution in [0.4, 0.5) is 0 Å². The van der Waals surface area contributed by atoms with E-state index in [9.17, 15) is 50.1 Å². The molecule has 2 saturated heterocycles. The van der Waals surface area contributed by atoms with E-state index in [1.165, 1.54) is 0 Å². The lowest BCUT2D eigenvalue weighted by Gasteiger charge is -2.47. The third kappa shape index (κ3) is 6.62. The van der Waals surface area contributed by atoms with Crippen molar-refractivity contribution in [2.24, 2.45) is 0 Å². The Morgan fingerprint density at radius 2 is 1.60 bits per heavy atom. The predicted molar refractivity (Wildman–Crippen MR) is 109 cm³/mol. The molecule has 0 aromatic heterocycles. The van der Waals surface area contributed by atoms with Gasteiger partial charge >= 0.3 is 5.97 Å². The van der Waals surface area contributed by atoms with Crippen LogP contribution in [-0.2, 0) is 28.6 Å². The molecular formula is C19H32N2O14. The first-order valence-corrected chi connectivity index (χ1v) is 10.7. The number of amides is 2. The average molecular weight is 512 g/mol. The SMILES string of the molecule is CC(=O)NC1C(O)[C@@H](O)C(CO[C@]2(C(=O)O)C[C@@H](O)[C@@H](NC(C)=O)C([C@H](O)[C@H](O)CO)O2)O[C@H]1O. The molecule has 0 aromatic carbocycles. The molecule has 0 aromatic rings. The van der Waals surface area contributed by atoms with E-state index in [0.717, 1.165) is 13.8 Å². The number of aliphatic hydroxyl groups is 7. The number of carboxylic acids is 1. The van der Waals surface area contributed by atoms with Crippen molar-refractivity contribution in [1.82, 2.24) is 10.6 Å². The van der Waals surface area contributed by atoms with Gasteiger partial charge in [-0.1, -0.05) is 0 Å². The Hall–Kier alpha value is -1.99. The summed E-state index contributed by atoms with van der Waals surface area (Å²) in [5, 5.41) is 84.9. The van der Waals surface area contributed by atoms with E-state index in [2.05, 4.69) is 10.6 Å². The molecule has 16 heteroatoms. The number of carbonyl (C=O) groups excluding carboxylic acids is 2. The Morgan fingerprint density at radius 1 is 1.03 bits per heavy atom. The number of aliphatic carboxylic acids is 1. The second kappa shape index (κ2) is 11.8. The van der Waals surface area contributed by atoms with Crippen molar-refractivity contribution in [2.75, 3.05) is 13.2 Å². The highest BCUT2D eigenvalue weighted by atomic mass is 16.7. The zero-order valence-electron chi connectivity index (χ0n) is 18.9. The van der Waals surface area contributed by atoms with Gasteiger partial charge < -0.3 is 65.7 Å². The zero-order valence-corrected chi connectivity index (χ0v) is 18.9. The molecule has 2 heterocycles. The molecule has 0 aliphatic carbocycles. The van der Waals surface area contributed by atoms with Crippen LogP contribution in [0.2, 0.25) is 0 Å². The van der Waals surface area contributed by atoms with Gasteiger partial charge in [0, 0.05) is 20.3 Å². The summed E-state index contributed by atoms with van der Waals surface area (Å²) in [7, 11) is 0. The van der Waals surface area contributed by atoms with Crippen molar-refractivity contribution in [2.45, 2.75) is 87.2 Å². The van der Waals surface area contributed by atoms with Gasteiger partial charge in [0.15, 0.2) is 6.29 Å². The number of ether oxygens (including phenoxy) is 3. The van der Waals surface area contributed by atoms with Crippen LogP contribution < -0.4 is 10.6 Å². The van der Waals surface area contributed by atoms with Gasteiger partial charge in [-0.05, 0) is 0 Å². The largest absolute Gasteiger partial charge is 0.477 e. The molecule has 2 fully saturated rings. The van der Waals surface area contributed by atoms with E-state index >= 15 is 0 Å². The minimum Gasteiger partial charge on any atom is -0.477 e. The third-order valence-electron chi connectivity index (χ3n) is 5.76. The molecule has 2 aliphatic heterocycles. The maximum atomic E-state index is 12.1. The highest BCUT2D eigenvalue weighted by molar-refractivity contribution is 5.76.